The number of carbonyl (C=O) groups is 1. The molecule has 1 aliphatic rings. The van der Waals surface area contributed by atoms with Gasteiger partial charge in [-0.2, -0.15) is 4.98 Å². The summed E-state index contributed by atoms with van der Waals surface area (Å²) in [5.74, 6) is 0.623. The van der Waals surface area contributed by atoms with Crippen LogP contribution in [0, 0.1) is 0 Å². The Morgan fingerprint density at radius 2 is 1.81 bits per heavy atom. The maximum atomic E-state index is 13.2. The van der Waals surface area contributed by atoms with Gasteiger partial charge in [0, 0.05) is 30.2 Å². The molecule has 4 aromatic rings. The zero-order valence-corrected chi connectivity index (χ0v) is 18.9. The summed E-state index contributed by atoms with van der Waals surface area (Å²) in [7, 11) is 1.83. The molecule has 160 valence electrons. The molecule has 5 nitrogen and oxygen atoms in total. The van der Waals surface area contributed by atoms with Gasteiger partial charge in [-0.15, -0.1) is 0 Å². The molecule has 0 aliphatic carbocycles. The lowest BCUT2D eigenvalue weighted by Crippen LogP contribution is -2.33. The van der Waals surface area contributed by atoms with Crippen molar-refractivity contribution in [2.75, 3.05) is 5.32 Å². The Morgan fingerprint density at radius 3 is 2.66 bits per heavy atom. The van der Waals surface area contributed by atoms with Crippen LogP contribution < -0.4 is 10.9 Å². The summed E-state index contributed by atoms with van der Waals surface area (Å²) in [5.41, 5.74) is 2.15. The molecular formula is C25H20ClN3O2S. The smallest absolute Gasteiger partial charge is 0.279 e. The van der Waals surface area contributed by atoms with Crippen LogP contribution in [0.5, 0.6) is 0 Å². The second-order valence-electron chi connectivity index (χ2n) is 7.77. The fourth-order valence-corrected chi connectivity index (χ4v) is 5.49. The first-order chi connectivity index (χ1) is 15.5. The summed E-state index contributed by atoms with van der Waals surface area (Å²) in [5, 5.41) is 6.24. The van der Waals surface area contributed by atoms with Crippen LogP contribution in [0.1, 0.15) is 29.0 Å². The zero-order valence-electron chi connectivity index (χ0n) is 17.3. The number of nitrogens with zero attached hydrogens (tertiary/aromatic N) is 2. The number of thioether (sulfide) groups is 1. The Bertz CT molecular complexity index is 1410. The van der Waals surface area contributed by atoms with Gasteiger partial charge < -0.3 is 9.88 Å². The lowest BCUT2D eigenvalue weighted by molar-refractivity contribution is -0.116. The summed E-state index contributed by atoms with van der Waals surface area (Å²) in [4.78, 5) is 30.3. The lowest BCUT2D eigenvalue weighted by Gasteiger charge is -2.28. The van der Waals surface area contributed by atoms with Gasteiger partial charge in [-0.05, 0) is 28.0 Å². The molecule has 1 N–H and O–H groups in total. The highest BCUT2D eigenvalue weighted by molar-refractivity contribution is 7.98. The van der Waals surface area contributed by atoms with Crippen LogP contribution in [0.25, 0.3) is 10.8 Å². The Kier molecular flexibility index (Phi) is 5.49. The largest absolute Gasteiger partial charge is 0.312 e. The molecule has 0 bridgehead atoms. The monoisotopic (exact) mass is 461 g/mol. The molecule has 1 aliphatic heterocycles. The van der Waals surface area contributed by atoms with Crippen molar-refractivity contribution in [3.05, 3.63) is 98.8 Å². The minimum absolute atomic E-state index is 0.112. The summed E-state index contributed by atoms with van der Waals surface area (Å²) in [6.45, 7) is 0. The van der Waals surface area contributed by atoms with E-state index in [4.69, 9.17) is 11.6 Å². The average Bonchev–Trinajstić information content (AvgIpc) is 2.80. The highest BCUT2D eigenvalue weighted by Crippen LogP contribution is 2.39. The van der Waals surface area contributed by atoms with E-state index in [2.05, 4.69) is 10.3 Å². The molecule has 0 saturated heterocycles. The summed E-state index contributed by atoms with van der Waals surface area (Å²) in [6.07, 6.45) is 0.212. The first kappa shape index (κ1) is 20.8. The average molecular weight is 462 g/mol. The third kappa shape index (κ3) is 3.70. The topological polar surface area (TPSA) is 64.0 Å². The van der Waals surface area contributed by atoms with Crippen LogP contribution in [0.4, 0.5) is 5.82 Å². The molecule has 1 atom stereocenters. The van der Waals surface area contributed by atoms with Crippen molar-refractivity contribution in [3.8, 4) is 0 Å². The van der Waals surface area contributed by atoms with Crippen molar-refractivity contribution in [2.24, 2.45) is 7.05 Å². The van der Waals surface area contributed by atoms with Crippen molar-refractivity contribution < 1.29 is 4.79 Å². The van der Waals surface area contributed by atoms with E-state index >= 15 is 0 Å². The number of carbonyl (C=O) groups excluding carboxylic acids is 1. The van der Waals surface area contributed by atoms with Crippen LogP contribution in [-0.2, 0) is 17.6 Å². The van der Waals surface area contributed by atoms with Crippen LogP contribution >= 0.6 is 23.4 Å². The van der Waals surface area contributed by atoms with Crippen LogP contribution in [0.15, 0.2) is 76.7 Å². The Labute approximate surface area is 194 Å². The minimum Gasteiger partial charge on any atom is -0.312 e. The van der Waals surface area contributed by atoms with Gasteiger partial charge in [0.25, 0.3) is 5.56 Å². The number of nitrogens with one attached hydrogen (secondary N) is 1. The van der Waals surface area contributed by atoms with Gasteiger partial charge >= 0.3 is 0 Å². The quantitative estimate of drug-likeness (QED) is 0.328. The van der Waals surface area contributed by atoms with Gasteiger partial charge in [-0.3, -0.25) is 9.59 Å². The van der Waals surface area contributed by atoms with Gasteiger partial charge in [0.2, 0.25) is 5.91 Å². The van der Waals surface area contributed by atoms with E-state index in [0.717, 1.165) is 21.9 Å². The molecule has 7 heteroatoms. The third-order valence-electron chi connectivity index (χ3n) is 5.81. The molecule has 0 spiro atoms. The van der Waals surface area contributed by atoms with Gasteiger partial charge in [0.1, 0.15) is 5.82 Å². The molecule has 32 heavy (non-hydrogen) atoms. The van der Waals surface area contributed by atoms with Crippen molar-refractivity contribution in [3.63, 3.8) is 0 Å². The Hall–Kier alpha value is -3.09. The summed E-state index contributed by atoms with van der Waals surface area (Å²) >= 11 is 7.69. The summed E-state index contributed by atoms with van der Waals surface area (Å²) in [6, 6.07) is 21.6. The number of hydrogen-bond donors (Lipinski definition) is 1. The molecule has 2 heterocycles. The fourth-order valence-electron chi connectivity index (χ4n) is 4.24. The van der Waals surface area contributed by atoms with Gasteiger partial charge in [-0.25, -0.2) is 0 Å². The Balaban J connectivity index is 1.59. The predicted octanol–water partition coefficient (Wildman–Crippen LogP) is 5.35. The zero-order chi connectivity index (χ0) is 22.2. The molecule has 0 fully saturated rings. The van der Waals surface area contributed by atoms with Crippen LogP contribution in [-0.4, -0.2) is 15.5 Å². The van der Waals surface area contributed by atoms with E-state index in [1.54, 1.807) is 4.57 Å². The number of halogens is 1. The molecular weight excluding hydrogens is 442 g/mol. The third-order valence-corrected chi connectivity index (χ3v) is 7.26. The van der Waals surface area contributed by atoms with Gasteiger partial charge in [-0.1, -0.05) is 84.0 Å². The van der Waals surface area contributed by atoms with E-state index in [0.29, 0.717) is 27.3 Å². The minimum atomic E-state index is -0.348. The maximum absolute atomic E-state index is 13.2. The molecule has 1 amide bonds. The first-order valence-corrected chi connectivity index (χ1v) is 11.6. The van der Waals surface area contributed by atoms with Crippen molar-refractivity contribution in [1.29, 1.82) is 0 Å². The van der Waals surface area contributed by atoms with Gasteiger partial charge in [0.15, 0.2) is 5.16 Å². The summed E-state index contributed by atoms with van der Waals surface area (Å²) < 4.78 is 1.80. The van der Waals surface area contributed by atoms with Crippen molar-refractivity contribution in [1.82, 2.24) is 9.55 Å². The number of benzene rings is 3. The number of anilines is 1. The fraction of sp³-hybridized carbons (Fsp3) is 0.160. The molecule has 1 aromatic heterocycles. The number of hydrogen-bond acceptors (Lipinski definition) is 4. The number of rotatable bonds is 4. The maximum Gasteiger partial charge on any atom is 0.279 e. The lowest BCUT2D eigenvalue weighted by atomic mass is 9.84. The van der Waals surface area contributed by atoms with Crippen molar-refractivity contribution in [2.45, 2.75) is 23.2 Å². The van der Waals surface area contributed by atoms with E-state index < -0.39 is 0 Å². The Morgan fingerprint density at radius 1 is 1.06 bits per heavy atom. The molecule has 0 radical (unpaired) electrons. The predicted molar refractivity (Wildman–Crippen MR) is 130 cm³/mol. The number of aromatic nitrogens is 2. The first-order valence-electron chi connectivity index (χ1n) is 10.3. The second-order valence-corrected chi connectivity index (χ2v) is 9.12. The van der Waals surface area contributed by atoms with Gasteiger partial charge in [0.05, 0.1) is 5.56 Å². The van der Waals surface area contributed by atoms with Crippen LogP contribution in [0.3, 0.4) is 0 Å². The highest BCUT2D eigenvalue weighted by Gasteiger charge is 2.32. The van der Waals surface area contributed by atoms with Crippen LogP contribution in [0.2, 0.25) is 5.02 Å². The molecule has 5 rings (SSSR count). The highest BCUT2D eigenvalue weighted by atomic mass is 35.5. The molecule has 3 aromatic carbocycles. The van der Waals surface area contributed by atoms with E-state index in [-0.39, 0.29) is 23.8 Å². The number of fused-ring (bicyclic) bond motifs is 2. The van der Waals surface area contributed by atoms with E-state index in [1.807, 2.05) is 73.8 Å². The standard InChI is InChI=1S/C25H20ClN3O2S/c1-29-23-22(24(31)28-25(29)32-14-16-8-3-5-12-20(16)26)19(13-21(30)27-23)18-11-6-9-15-7-2-4-10-17(15)18/h2-12,19H,13-14H2,1H3,(H,27,30). The number of amides is 1. The second kappa shape index (κ2) is 8.45. The normalized spacial score (nSPS) is 15.4. The van der Waals surface area contributed by atoms with E-state index in [9.17, 15) is 9.59 Å². The van der Waals surface area contributed by atoms with Crippen molar-refractivity contribution >= 4 is 45.9 Å². The molecule has 0 saturated carbocycles. The SMILES string of the molecule is Cn1c(SCc2ccccc2Cl)nc(=O)c2c1NC(=O)CC2c1cccc2ccccc12. The van der Waals surface area contributed by atoms with E-state index in [1.165, 1.54) is 11.8 Å². The molecule has 1 unspecified atom stereocenters.